The van der Waals surface area contributed by atoms with Crippen molar-refractivity contribution in [3.8, 4) is 0 Å². The number of rotatable bonds is 2. The Morgan fingerprint density at radius 2 is 1.96 bits per heavy atom. The van der Waals surface area contributed by atoms with E-state index in [-0.39, 0.29) is 11.9 Å². The van der Waals surface area contributed by atoms with E-state index in [1.165, 1.54) is 6.07 Å². The highest BCUT2D eigenvalue weighted by Gasteiger charge is 2.37. The minimum atomic E-state index is -4.69. The summed E-state index contributed by atoms with van der Waals surface area (Å²) in [6, 6.07) is 3.34. The molecule has 3 saturated heterocycles. The van der Waals surface area contributed by atoms with Crippen LogP contribution in [0.1, 0.15) is 30.9 Å². The lowest BCUT2D eigenvalue weighted by Crippen LogP contribution is -2.43. The van der Waals surface area contributed by atoms with Gasteiger partial charge in [0.15, 0.2) is 0 Å². The van der Waals surface area contributed by atoms with E-state index >= 15 is 0 Å². The van der Waals surface area contributed by atoms with E-state index in [4.69, 9.17) is 0 Å². The van der Waals surface area contributed by atoms with Crippen LogP contribution >= 0.6 is 0 Å². The Bertz CT molecular complexity index is 632. The van der Waals surface area contributed by atoms with Gasteiger partial charge in [0, 0.05) is 39.1 Å². The van der Waals surface area contributed by atoms with Crippen molar-refractivity contribution >= 4 is 5.91 Å². The second-order valence-corrected chi connectivity index (χ2v) is 6.76. The van der Waals surface area contributed by atoms with Crippen LogP contribution in [0.2, 0.25) is 0 Å². The fraction of sp³-hybridized carbons (Fsp3) is 0.588. The smallest absolute Gasteiger partial charge is 0.341 e. The van der Waals surface area contributed by atoms with Crippen molar-refractivity contribution in [1.29, 1.82) is 0 Å². The first-order valence-corrected chi connectivity index (χ1v) is 8.09. The summed E-state index contributed by atoms with van der Waals surface area (Å²) >= 11 is 0. The van der Waals surface area contributed by atoms with Crippen LogP contribution in [0.3, 0.4) is 0 Å². The van der Waals surface area contributed by atoms with E-state index in [0.717, 1.165) is 31.5 Å². The predicted molar refractivity (Wildman–Crippen MR) is 80.6 cm³/mol. The van der Waals surface area contributed by atoms with Crippen molar-refractivity contribution in [1.82, 2.24) is 9.80 Å². The van der Waals surface area contributed by atoms with Gasteiger partial charge in [-0.3, -0.25) is 9.69 Å². The van der Waals surface area contributed by atoms with Gasteiger partial charge in [0.25, 0.3) is 0 Å². The van der Waals surface area contributed by atoms with E-state index in [1.54, 1.807) is 6.92 Å². The minimum Gasteiger partial charge on any atom is -0.341 e. The summed E-state index contributed by atoms with van der Waals surface area (Å²) in [4.78, 5) is 15.6. The van der Waals surface area contributed by atoms with Crippen LogP contribution in [0.5, 0.6) is 0 Å². The van der Waals surface area contributed by atoms with E-state index in [9.17, 15) is 22.4 Å². The lowest BCUT2D eigenvalue weighted by molar-refractivity contribution is -0.140. The zero-order valence-corrected chi connectivity index (χ0v) is 13.4. The highest BCUT2D eigenvalue weighted by molar-refractivity contribution is 5.73. The third kappa shape index (κ3) is 3.55. The molecule has 0 radical (unpaired) electrons. The zero-order valence-electron chi connectivity index (χ0n) is 13.4. The highest BCUT2D eigenvalue weighted by atomic mass is 19.4. The number of alkyl halides is 3. The molecule has 2 bridgehead atoms. The molecular formula is C17H20F4N2O. The number of hydrogen-bond donors (Lipinski definition) is 0. The Morgan fingerprint density at radius 1 is 1.21 bits per heavy atom. The minimum absolute atomic E-state index is 0.0369. The molecule has 3 heterocycles. The van der Waals surface area contributed by atoms with Gasteiger partial charge >= 0.3 is 6.18 Å². The molecule has 7 heteroatoms. The molecule has 132 valence electrons. The molecule has 0 aliphatic carbocycles. The second-order valence-electron chi connectivity index (χ2n) is 6.76. The molecule has 3 fully saturated rings. The summed E-state index contributed by atoms with van der Waals surface area (Å²) in [7, 11) is 0. The fourth-order valence-electron chi connectivity index (χ4n) is 3.75. The molecule has 1 aromatic rings. The molecule has 1 aromatic carbocycles. The van der Waals surface area contributed by atoms with Crippen LogP contribution in [-0.2, 0) is 17.5 Å². The molecule has 0 N–H and O–H groups in total. The van der Waals surface area contributed by atoms with Crippen LogP contribution < -0.4 is 0 Å². The van der Waals surface area contributed by atoms with E-state index < -0.39 is 17.6 Å². The normalized spacial score (nSPS) is 25.0. The Morgan fingerprint density at radius 3 is 2.62 bits per heavy atom. The van der Waals surface area contributed by atoms with Gasteiger partial charge in [0.1, 0.15) is 5.82 Å². The average Bonchev–Trinajstić information content (AvgIpc) is 2.80. The molecule has 1 amide bonds. The second kappa shape index (κ2) is 6.35. The monoisotopic (exact) mass is 344 g/mol. The molecule has 0 spiro atoms. The maximum Gasteiger partial charge on any atom is 0.419 e. The first kappa shape index (κ1) is 17.2. The van der Waals surface area contributed by atoms with E-state index in [1.807, 2.05) is 4.90 Å². The van der Waals surface area contributed by atoms with Gasteiger partial charge in [0.2, 0.25) is 5.91 Å². The van der Waals surface area contributed by atoms with Crippen molar-refractivity contribution in [3.05, 3.63) is 35.1 Å². The molecule has 0 saturated carbocycles. The zero-order chi connectivity index (χ0) is 17.5. The van der Waals surface area contributed by atoms with Crippen molar-refractivity contribution in [2.24, 2.45) is 5.92 Å². The van der Waals surface area contributed by atoms with Gasteiger partial charge in [-0.15, -0.1) is 0 Å². The van der Waals surface area contributed by atoms with Crippen molar-refractivity contribution in [3.63, 3.8) is 0 Å². The topological polar surface area (TPSA) is 23.6 Å². The van der Waals surface area contributed by atoms with Crippen LogP contribution in [0, 0.1) is 11.7 Å². The largest absolute Gasteiger partial charge is 0.419 e. The molecule has 3 aliphatic heterocycles. The van der Waals surface area contributed by atoms with Crippen molar-refractivity contribution in [2.75, 3.05) is 19.6 Å². The van der Waals surface area contributed by atoms with Gasteiger partial charge in [-0.25, -0.2) is 4.39 Å². The predicted octanol–water partition coefficient (Wildman–Crippen LogP) is 3.29. The third-order valence-corrected chi connectivity index (χ3v) is 4.99. The van der Waals surface area contributed by atoms with Crippen molar-refractivity contribution in [2.45, 2.75) is 38.5 Å². The summed E-state index contributed by atoms with van der Waals surface area (Å²) < 4.78 is 52.0. The Hall–Kier alpha value is -1.63. The number of piperidine rings is 1. The summed E-state index contributed by atoms with van der Waals surface area (Å²) in [6.45, 7) is 3.97. The molecule has 24 heavy (non-hydrogen) atoms. The quantitative estimate of drug-likeness (QED) is 0.769. The van der Waals surface area contributed by atoms with E-state index in [0.29, 0.717) is 31.1 Å². The number of halogens is 4. The Balaban J connectivity index is 1.78. The number of hydrogen-bond acceptors (Lipinski definition) is 2. The molecule has 3 nitrogen and oxygen atoms in total. The molecular weight excluding hydrogens is 324 g/mol. The van der Waals surface area contributed by atoms with Gasteiger partial charge in [-0.05, 0) is 36.5 Å². The summed E-state index contributed by atoms with van der Waals surface area (Å²) in [5, 5.41) is 0. The average molecular weight is 344 g/mol. The number of amides is 1. The Labute approximate surface area is 138 Å². The van der Waals surface area contributed by atoms with Crippen LogP contribution in [0.4, 0.5) is 17.6 Å². The Kier molecular flexibility index (Phi) is 4.55. The lowest BCUT2D eigenvalue weighted by Gasteiger charge is -2.36. The van der Waals surface area contributed by atoms with E-state index in [2.05, 4.69) is 4.90 Å². The van der Waals surface area contributed by atoms with Crippen LogP contribution in [0.15, 0.2) is 18.2 Å². The molecule has 0 aromatic heterocycles. The summed E-state index contributed by atoms with van der Waals surface area (Å²) in [5.74, 6) is -0.864. The molecule has 2 atom stereocenters. The van der Waals surface area contributed by atoms with Crippen LogP contribution in [0.25, 0.3) is 0 Å². The SMILES string of the molecule is CC(=O)N1C[C@@H]2CC[C@H](C1)N(Cc1ccc(F)c(C(F)(F)F)c1)C2. The first-order chi connectivity index (χ1) is 11.2. The van der Waals surface area contributed by atoms with Crippen molar-refractivity contribution < 1.29 is 22.4 Å². The highest BCUT2D eigenvalue weighted by Crippen LogP contribution is 2.33. The first-order valence-electron chi connectivity index (χ1n) is 8.09. The molecule has 4 rings (SSSR count). The van der Waals surface area contributed by atoms with Crippen LogP contribution in [-0.4, -0.2) is 41.4 Å². The standard InChI is InChI=1S/C17H20F4N2O/c1-11(24)22-8-13-2-4-14(10-22)23(9-13)7-12-3-5-16(18)15(6-12)17(19,20)21/h3,5-6,13-14H,2,4,7-10H2,1H3/t13-,14+/m0/s1. The number of carbonyl (C=O) groups is 1. The van der Waals surface area contributed by atoms with Gasteiger partial charge < -0.3 is 4.90 Å². The molecule has 0 unspecified atom stereocenters. The number of benzene rings is 1. The summed E-state index contributed by atoms with van der Waals surface area (Å²) in [6.07, 6.45) is -2.73. The molecule has 3 aliphatic rings. The van der Waals surface area contributed by atoms with Gasteiger partial charge in [-0.2, -0.15) is 13.2 Å². The number of fused-ring (bicyclic) bond motifs is 4. The number of nitrogens with zero attached hydrogens (tertiary/aromatic N) is 2. The maximum atomic E-state index is 13.4. The third-order valence-electron chi connectivity index (χ3n) is 4.99. The van der Waals surface area contributed by atoms with Gasteiger partial charge in [-0.1, -0.05) is 6.07 Å². The summed E-state index contributed by atoms with van der Waals surface area (Å²) in [5.41, 5.74) is -0.768. The maximum absolute atomic E-state index is 13.4. The lowest BCUT2D eigenvalue weighted by atomic mass is 9.94. The van der Waals surface area contributed by atoms with Gasteiger partial charge in [0.05, 0.1) is 5.56 Å². The fourth-order valence-corrected chi connectivity index (χ4v) is 3.75. The number of carbonyl (C=O) groups excluding carboxylic acids is 1.